The van der Waals surface area contributed by atoms with E-state index in [0.29, 0.717) is 17.3 Å². The van der Waals surface area contributed by atoms with Crippen molar-refractivity contribution in [2.24, 2.45) is 0 Å². The number of aryl methyl sites for hydroxylation is 1. The quantitative estimate of drug-likeness (QED) is 0.716. The minimum absolute atomic E-state index is 0.241. The Labute approximate surface area is 153 Å². The van der Waals surface area contributed by atoms with Crippen LogP contribution in [0.25, 0.3) is 0 Å². The standard InChI is InChI=1S/C18H21ClN2O3S/c1-25(23,24)21(16-10-3-2-4-11-16)14-18(22)20-13-7-9-15-8-5-6-12-17(15)19/h2-6,8,10-12H,7,9,13-14H2,1H3,(H,20,22). The molecule has 2 rings (SSSR count). The van der Waals surface area contributed by atoms with Gasteiger partial charge in [0, 0.05) is 11.6 Å². The number of rotatable bonds is 8. The summed E-state index contributed by atoms with van der Waals surface area (Å²) in [4.78, 5) is 12.1. The number of carbonyl (C=O) groups is 1. The van der Waals surface area contributed by atoms with E-state index in [1.807, 2.05) is 24.3 Å². The van der Waals surface area contributed by atoms with E-state index in [2.05, 4.69) is 5.32 Å². The average Bonchev–Trinajstić information content (AvgIpc) is 2.58. The molecule has 2 aromatic carbocycles. The van der Waals surface area contributed by atoms with E-state index in [-0.39, 0.29) is 12.5 Å². The SMILES string of the molecule is CS(=O)(=O)N(CC(=O)NCCCc1ccccc1Cl)c1ccccc1. The first-order valence-corrected chi connectivity index (χ1v) is 10.1. The van der Waals surface area contributed by atoms with Crippen molar-refractivity contribution in [2.45, 2.75) is 12.8 Å². The largest absolute Gasteiger partial charge is 0.355 e. The van der Waals surface area contributed by atoms with Crippen LogP contribution in [0.5, 0.6) is 0 Å². The number of amides is 1. The maximum Gasteiger partial charge on any atom is 0.240 e. The summed E-state index contributed by atoms with van der Waals surface area (Å²) < 4.78 is 25.0. The van der Waals surface area contributed by atoms with Gasteiger partial charge in [0.1, 0.15) is 6.54 Å². The van der Waals surface area contributed by atoms with E-state index in [1.54, 1.807) is 30.3 Å². The highest BCUT2D eigenvalue weighted by molar-refractivity contribution is 7.92. The molecule has 0 spiro atoms. The highest BCUT2D eigenvalue weighted by Gasteiger charge is 2.20. The maximum atomic E-state index is 12.1. The molecule has 0 bridgehead atoms. The lowest BCUT2D eigenvalue weighted by Crippen LogP contribution is -2.40. The fourth-order valence-corrected chi connectivity index (χ4v) is 3.48. The number of sulfonamides is 1. The third-order valence-corrected chi connectivity index (χ3v) is 5.14. The minimum Gasteiger partial charge on any atom is -0.355 e. The summed E-state index contributed by atoms with van der Waals surface area (Å²) in [6.07, 6.45) is 2.55. The topological polar surface area (TPSA) is 66.5 Å². The molecule has 0 atom stereocenters. The molecule has 0 aliphatic heterocycles. The Kier molecular flexibility index (Phi) is 6.84. The maximum absolute atomic E-state index is 12.1. The average molecular weight is 381 g/mol. The highest BCUT2D eigenvalue weighted by atomic mass is 35.5. The van der Waals surface area contributed by atoms with E-state index in [0.717, 1.165) is 29.0 Å². The second-order valence-electron chi connectivity index (χ2n) is 5.65. The van der Waals surface area contributed by atoms with Gasteiger partial charge in [-0.15, -0.1) is 0 Å². The number of anilines is 1. The van der Waals surface area contributed by atoms with Crippen molar-refractivity contribution in [1.82, 2.24) is 5.32 Å². The van der Waals surface area contributed by atoms with Gasteiger partial charge in [0.05, 0.1) is 11.9 Å². The molecule has 134 valence electrons. The van der Waals surface area contributed by atoms with Crippen LogP contribution in [0.4, 0.5) is 5.69 Å². The van der Waals surface area contributed by atoms with Crippen LogP contribution in [0.1, 0.15) is 12.0 Å². The van der Waals surface area contributed by atoms with Gasteiger partial charge in [0.15, 0.2) is 0 Å². The molecule has 25 heavy (non-hydrogen) atoms. The number of nitrogens with one attached hydrogen (secondary N) is 1. The predicted octanol–water partition coefficient (Wildman–Crippen LogP) is 2.86. The van der Waals surface area contributed by atoms with Gasteiger partial charge >= 0.3 is 0 Å². The number of hydrogen-bond acceptors (Lipinski definition) is 3. The Balaban J connectivity index is 1.87. The van der Waals surface area contributed by atoms with Gasteiger partial charge in [0.2, 0.25) is 15.9 Å². The molecule has 0 unspecified atom stereocenters. The summed E-state index contributed by atoms with van der Waals surface area (Å²) in [6, 6.07) is 16.1. The third kappa shape index (κ3) is 6.07. The summed E-state index contributed by atoms with van der Waals surface area (Å²) in [5.41, 5.74) is 1.50. The molecule has 1 N–H and O–H groups in total. The Morgan fingerprint density at radius 3 is 2.36 bits per heavy atom. The number of hydrogen-bond donors (Lipinski definition) is 1. The molecule has 0 aromatic heterocycles. The molecule has 0 saturated heterocycles. The van der Waals surface area contributed by atoms with E-state index in [1.165, 1.54) is 0 Å². The molecule has 0 aliphatic rings. The second kappa shape index (κ2) is 8.87. The van der Waals surface area contributed by atoms with Crippen LogP contribution in [-0.4, -0.2) is 33.7 Å². The summed E-state index contributed by atoms with van der Waals surface area (Å²) >= 11 is 6.09. The van der Waals surface area contributed by atoms with Crippen molar-refractivity contribution in [1.29, 1.82) is 0 Å². The number of benzene rings is 2. The van der Waals surface area contributed by atoms with Crippen LogP contribution in [0, 0.1) is 0 Å². The zero-order chi connectivity index (χ0) is 18.3. The van der Waals surface area contributed by atoms with E-state index < -0.39 is 10.0 Å². The molecular formula is C18H21ClN2O3S. The molecule has 7 heteroatoms. The van der Waals surface area contributed by atoms with Crippen LogP contribution < -0.4 is 9.62 Å². The Bertz CT molecular complexity index is 810. The normalized spacial score (nSPS) is 11.1. The molecular weight excluding hydrogens is 360 g/mol. The summed E-state index contributed by atoms with van der Waals surface area (Å²) in [7, 11) is -3.54. The molecule has 0 fully saturated rings. The fraction of sp³-hybridized carbons (Fsp3) is 0.278. The van der Waals surface area contributed by atoms with Gasteiger partial charge in [0.25, 0.3) is 0 Å². The first-order valence-electron chi connectivity index (χ1n) is 7.91. The molecule has 0 radical (unpaired) electrons. The van der Waals surface area contributed by atoms with Crippen LogP contribution in [0.2, 0.25) is 5.02 Å². The van der Waals surface area contributed by atoms with Gasteiger partial charge in [-0.05, 0) is 36.6 Å². The van der Waals surface area contributed by atoms with Gasteiger partial charge in [-0.25, -0.2) is 8.42 Å². The van der Waals surface area contributed by atoms with Gasteiger partial charge < -0.3 is 5.32 Å². The van der Waals surface area contributed by atoms with E-state index in [4.69, 9.17) is 11.6 Å². The Morgan fingerprint density at radius 2 is 1.72 bits per heavy atom. The smallest absolute Gasteiger partial charge is 0.240 e. The predicted molar refractivity (Wildman–Crippen MR) is 101 cm³/mol. The third-order valence-electron chi connectivity index (χ3n) is 3.63. The Morgan fingerprint density at radius 1 is 1.08 bits per heavy atom. The molecule has 0 saturated carbocycles. The van der Waals surface area contributed by atoms with E-state index in [9.17, 15) is 13.2 Å². The van der Waals surface area contributed by atoms with Crippen LogP contribution in [0.15, 0.2) is 54.6 Å². The molecule has 0 aliphatic carbocycles. The van der Waals surface area contributed by atoms with Crippen LogP contribution in [-0.2, 0) is 21.2 Å². The first-order chi connectivity index (χ1) is 11.9. The second-order valence-corrected chi connectivity index (χ2v) is 7.96. The molecule has 5 nitrogen and oxygen atoms in total. The fourth-order valence-electron chi connectivity index (χ4n) is 2.39. The van der Waals surface area contributed by atoms with Crippen LogP contribution >= 0.6 is 11.6 Å². The lowest BCUT2D eigenvalue weighted by atomic mass is 10.1. The number of carbonyl (C=O) groups excluding carboxylic acids is 1. The number of halogens is 1. The van der Waals surface area contributed by atoms with Crippen molar-refractivity contribution in [3.05, 3.63) is 65.2 Å². The number of nitrogens with zero attached hydrogens (tertiary/aromatic N) is 1. The molecule has 0 heterocycles. The summed E-state index contributed by atoms with van der Waals surface area (Å²) in [5, 5.41) is 3.47. The first kappa shape index (κ1) is 19.3. The molecule has 1 amide bonds. The van der Waals surface area contributed by atoms with Crippen LogP contribution in [0.3, 0.4) is 0 Å². The minimum atomic E-state index is -3.54. The van der Waals surface area contributed by atoms with Gasteiger partial charge in [-0.2, -0.15) is 0 Å². The van der Waals surface area contributed by atoms with Gasteiger partial charge in [-0.1, -0.05) is 48.0 Å². The Hall–Kier alpha value is -2.05. The highest BCUT2D eigenvalue weighted by Crippen LogP contribution is 2.17. The van der Waals surface area contributed by atoms with Crippen molar-refractivity contribution in [3.8, 4) is 0 Å². The van der Waals surface area contributed by atoms with Crippen molar-refractivity contribution >= 4 is 33.2 Å². The van der Waals surface area contributed by atoms with Gasteiger partial charge in [-0.3, -0.25) is 9.10 Å². The zero-order valence-corrected chi connectivity index (χ0v) is 15.6. The monoisotopic (exact) mass is 380 g/mol. The zero-order valence-electron chi connectivity index (χ0n) is 14.0. The lowest BCUT2D eigenvalue weighted by molar-refractivity contribution is -0.119. The summed E-state index contributed by atoms with van der Waals surface area (Å²) in [6.45, 7) is 0.214. The summed E-state index contributed by atoms with van der Waals surface area (Å²) in [5.74, 6) is -0.339. The van der Waals surface area contributed by atoms with E-state index >= 15 is 0 Å². The lowest BCUT2D eigenvalue weighted by Gasteiger charge is -2.21. The van der Waals surface area contributed by atoms with Crippen molar-refractivity contribution in [2.75, 3.05) is 23.7 Å². The molecule has 2 aromatic rings. The van der Waals surface area contributed by atoms with Crippen molar-refractivity contribution < 1.29 is 13.2 Å². The van der Waals surface area contributed by atoms with Crippen molar-refractivity contribution in [3.63, 3.8) is 0 Å². The number of para-hydroxylation sites is 1.